The first kappa shape index (κ1) is 15.3. The number of carbonyl (C=O) groups excluding carboxylic acids is 1. The van der Waals surface area contributed by atoms with E-state index in [1.54, 1.807) is 19.1 Å². The van der Waals surface area contributed by atoms with Gasteiger partial charge in [0.25, 0.3) is 5.91 Å². The molecule has 1 heterocycles. The van der Waals surface area contributed by atoms with Crippen LogP contribution in [0.4, 0.5) is 4.39 Å². The van der Waals surface area contributed by atoms with Crippen LogP contribution in [0, 0.1) is 5.82 Å². The first-order chi connectivity index (χ1) is 11.0. The summed E-state index contributed by atoms with van der Waals surface area (Å²) in [5.41, 5.74) is 1.38. The van der Waals surface area contributed by atoms with Gasteiger partial charge in [0, 0.05) is 12.5 Å². The van der Waals surface area contributed by atoms with Crippen LogP contribution >= 0.6 is 0 Å². The molecule has 1 aliphatic rings. The highest BCUT2D eigenvalue weighted by Gasteiger charge is 2.28. The molecule has 1 aromatic carbocycles. The summed E-state index contributed by atoms with van der Waals surface area (Å²) >= 11 is 0. The number of fused-ring (bicyclic) bond motifs is 1. The first-order valence-electron chi connectivity index (χ1n) is 7.45. The second-order valence-electron chi connectivity index (χ2n) is 5.48. The molecule has 0 aliphatic heterocycles. The van der Waals surface area contributed by atoms with Crippen molar-refractivity contribution < 1.29 is 23.5 Å². The second-order valence-corrected chi connectivity index (χ2v) is 5.48. The molecule has 5 nitrogen and oxygen atoms in total. The lowest BCUT2D eigenvalue weighted by molar-refractivity contribution is 0.0694. The van der Waals surface area contributed by atoms with Crippen molar-refractivity contribution in [3.8, 4) is 0 Å². The van der Waals surface area contributed by atoms with E-state index < -0.39 is 11.9 Å². The Morgan fingerprint density at radius 2 is 2.22 bits per heavy atom. The molecule has 0 saturated carbocycles. The highest BCUT2D eigenvalue weighted by atomic mass is 19.1. The summed E-state index contributed by atoms with van der Waals surface area (Å²) < 4.78 is 19.1. The molecule has 1 amide bonds. The van der Waals surface area contributed by atoms with Crippen LogP contribution < -0.4 is 5.32 Å². The minimum Gasteiger partial charge on any atom is -0.478 e. The molecule has 2 N–H and O–H groups in total. The van der Waals surface area contributed by atoms with Gasteiger partial charge < -0.3 is 14.8 Å². The summed E-state index contributed by atoms with van der Waals surface area (Å²) in [6, 6.07) is 5.75. The van der Waals surface area contributed by atoms with Crippen molar-refractivity contribution in [2.45, 2.75) is 32.2 Å². The number of aromatic carboxylic acids is 1. The van der Waals surface area contributed by atoms with E-state index in [1.807, 2.05) is 0 Å². The van der Waals surface area contributed by atoms with Gasteiger partial charge in [-0.15, -0.1) is 0 Å². The Balaban J connectivity index is 1.82. The molecular formula is C17H16FNO4. The Bertz CT molecular complexity index is 781. The van der Waals surface area contributed by atoms with E-state index in [-0.39, 0.29) is 28.9 Å². The maximum absolute atomic E-state index is 13.7. The van der Waals surface area contributed by atoms with Gasteiger partial charge in [0.1, 0.15) is 17.1 Å². The van der Waals surface area contributed by atoms with E-state index in [2.05, 4.69) is 5.32 Å². The van der Waals surface area contributed by atoms with Crippen molar-refractivity contribution in [1.29, 1.82) is 0 Å². The van der Waals surface area contributed by atoms with Crippen molar-refractivity contribution in [3.63, 3.8) is 0 Å². The van der Waals surface area contributed by atoms with Crippen molar-refractivity contribution >= 4 is 11.9 Å². The van der Waals surface area contributed by atoms with E-state index in [9.17, 15) is 14.0 Å². The number of hydrogen-bond donors (Lipinski definition) is 2. The Morgan fingerprint density at radius 1 is 1.43 bits per heavy atom. The van der Waals surface area contributed by atoms with Gasteiger partial charge in [-0.25, -0.2) is 9.18 Å². The molecule has 6 heteroatoms. The monoisotopic (exact) mass is 317 g/mol. The van der Waals surface area contributed by atoms with E-state index in [0.29, 0.717) is 24.8 Å². The zero-order valence-electron chi connectivity index (χ0n) is 12.6. The van der Waals surface area contributed by atoms with Crippen LogP contribution in [0.3, 0.4) is 0 Å². The lowest BCUT2D eigenvalue weighted by Gasteiger charge is -2.13. The fourth-order valence-electron chi connectivity index (χ4n) is 2.97. The number of amides is 1. The van der Waals surface area contributed by atoms with E-state index >= 15 is 0 Å². The number of halogens is 1. The molecule has 0 radical (unpaired) electrons. The molecule has 1 unspecified atom stereocenters. The average Bonchev–Trinajstić information content (AvgIpc) is 3.12. The largest absolute Gasteiger partial charge is 0.478 e. The van der Waals surface area contributed by atoms with Gasteiger partial charge in [0.05, 0.1) is 6.04 Å². The minimum absolute atomic E-state index is 0.00415. The van der Waals surface area contributed by atoms with Gasteiger partial charge >= 0.3 is 5.97 Å². The van der Waals surface area contributed by atoms with Crippen LogP contribution in [0.2, 0.25) is 0 Å². The summed E-state index contributed by atoms with van der Waals surface area (Å²) in [7, 11) is 0. The smallest absolute Gasteiger partial charge is 0.339 e. The van der Waals surface area contributed by atoms with Crippen molar-refractivity contribution in [3.05, 3.63) is 58.3 Å². The quantitative estimate of drug-likeness (QED) is 0.908. The SMILES string of the molecule is CCc1oc(C(=O)NC2CCc3c(F)cccc32)cc1C(=O)O. The predicted molar refractivity (Wildman–Crippen MR) is 80.0 cm³/mol. The zero-order chi connectivity index (χ0) is 16.6. The Labute approximate surface area is 132 Å². The van der Waals surface area contributed by atoms with Crippen LogP contribution in [0.1, 0.15) is 57.2 Å². The van der Waals surface area contributed by atoms with Gasteiger partial charge in [-0.05, 0) is 30.0 Å². The maximum Gasteiger partial charge on any atom is 0.339 e. The summed E-state index contributed by atoms with van der Waals surface area (Å²) in [6.45, 7) is 1.75. The molecular weight excluding hydrogens is 301 g/mol. The fraction of sp³-hybridized carbons (Fsp3) is 0.294. The number of carboxylic acids is 1. The average molecular weight is 317 g/mol. The molecule has 1 aliphatic carbocycles. The third-order valence-corrected chi connectivity index (χ3v) is 4.10. The molecule has 23 heavy (non-hydrogen) atoms. The first-order valence-corrected chi connectivity index (χ1v) is 7.45. The molecule has 0 saturated heterocycles. The predicted octanol–water partition coefficient (Wildman–Crippen LogP) is 3.10. The highest BCUT2D eigenvalue weighted by molar-refractivity contribution is 5.96. The Kier molecular flexibility index (Phi) is 3.90. The zero-order valence-corrected chi connectivity index (χ0v) is 12.6. The molecule has 0 fully saturated rings. The van der Waals surface area contributed by atoms with Gasteiger partial charge in [0.15, 0.2) is 5.76 Å². The molecule has 2 aromatic rings. The van der Waals surface area contributed by atoms with Gasteiger partial charge in [-0.2, -0.15) is 0 Å². The van der Waals surface area contributed by atoms with Crippen molar-refractivity contribution in [1.82, 2.24) is 5.32 Å². The summed E-state index contributed by atoms with van der Waals surface area (Å²) in [4.78, 5) is 23.4. The highest BCUT2D eigenvalue weighted by Crippen LogP contribution is 2.33. The molecule has 0 spiro atoms. The van der Waals surface area contributed by atoms with Crippen molar-refractivity contribution in [2.24, 2.45) is 0 Å². The number of benzene rings is 1. The Morgan fingerprint density at radius 3 is 2.87 bits per heavy atom. The van der Waals surface area contributed by atoms with Gasteiger partial charge in [-0.3, -0.25) is 4.79 Å². The maximum atomic E-state index is 13.7. The molecule has 3 rings (SSSR count). The molecule has 1 atom stereocenters. The fourth-order valence-corrected chi connectivity index (χ4v) is 2.97. The lowest BCUT2D eigenvalue weighted by Crippen LogP contribution is -2.26. The molecule has 120 valence electrons. The molecule has 1 aromatic heterocycles. The van der Waals surface area contributed by atoms with Crippen LogP contribution in [-0.4, -0.2) is 17.0 Å². The van der Waals surface area contributed by atoms with E-state index in [1.165, 1.54) is 12.1 Å². The molecule has 0 bridgehead atoms. The number of carbonyl (C=O) groups is 2. The van der Waals surface area contributed by atoms with E-state index in [0.717, 1.165) is 5.56 Å². The normalized spacial score (nSPS) is 16.2. The number of carboxylic acid groups (broad SMARTS) is 1. The standard InChI is InChI=1S/C17H16FNO4/c1-2-14-11(17(21)22)8-15(23-14)16(20)19-13-7-6-9-10(13)4-3-5-12(9)18/h3-5,8,13H,2,6-7H2,1H3,(H,19,20)(H,21,22). The van der Waals surface area contributed by atoms with Crippen LogP contribution in [0.15, 0.2) is 28.7 Å². The number of aryl methyl sites for hydroxylation is 1. The number of hydrogen-bond acceptors (Lipinski definition) is 3. The third-order valence-electron chi connectivity index (χ3n) is 4.10. The minimum atomic E-state index is -1.13. The lowest BCUT2D eigenvalue weighted by atomic mass is 10.1. The van der Waals surface area contributed by atoms with Gasteiger partial charge in [-0.1, -0.05) is 19.1 Å². The number of furan rings is 1. The summed E-state index contributed by atoms with van der Waals surface area (Å²) in [6.07, 6.45) is 1.55. The van der Waals surface area contributed by atoms with Crippen molar-refractivity contribution in [2.75, 3.05) is 0 Å². The van der Waals surface area contributed by atoms with E-state index in [4.69, 9.17) is 9.52 Å². The number of rotatable bonds is 4. The summed E-state index contributed by atoms with van der Waals surface area (Å²) in [5.74, 6) is -1.66. The second kappa shape index (κ2) is 5.87. The third kappa shape index (κ3) is 2.72. The summed E-state index contributed by atoms with van der Waals surface area (Å²) in [5, 5.41) is 11.9. The van der Waals surface area contributed by atoms with Gasteiger partial charge in [0.2, 0.25) is 0 Å². The van der Waals surface area contributed by atoms with Crippen LogP contribution in [0.25, 0.3) is 0 Å². The topological polar surface area (TPSA) is 79.5 Å². The van der Waals surface area contributed by atoms with Crippen LogP contribution in [0.5, 0.6) is 0 Å². The Hall–Kier alpha value is -2.63. The number of nitrogens with one attached hydrogen (secondary N) is 1. The van der Waals surface area contributed by atoms with Crippen LogP contribution in [-0.2, 0) is 12.8 Å².